The Morgan fingerprint density at radius 3 is 1.72 bits per heavy atom. The van der Waals surface area contributed by atoms with Gasteiger partial charge in [-0.25, -0.2) is 8.42 Å². The van der Waals surface area contributed by atoms with Crippen LogP contribution < -0.4 is 4.13 Å². The number of alkyl halides is 3. The number of hydrogen-bond acceptors (Lipinski definition) is 6. The molecule has 13 heteroatoms. The summed E-state index contributed by atoms with van der Waals surface area (Å²) >= 11 is 0. The average Bonchev–Trinajstić information content (AvgIpc) is 2.42. The standard InChI is InChI=1S/C5H3F3N2O6S2/c6-5(7,8)17(13,14)9-18(15,16)10-3(11)1-2-4(10)12/h1-2,9H. The second-order valence-electron chi connectivity index (χ2n) is 2.81. The molecule has 1 aliphatic rings. The Labute approximate surface area is 98.3 Å². The summed E-state index contributed by atoms with van der Waals surface area (Å²) in [5.74, 6) is -2.96. The second-order valence-corrected chi connectivity index (χ2v) is 6.26. The number of carbonyl (C=O) groups excluding carboxylic acids is 2. The number of nitrogens with zero attached hydrogens (tertiary/aromatic N) is 1. The second kappa shape index (κ2) is 4.03. The summed E-state index contributed by atoms with van der Waals surface area (Å²) < 4.78 is 78.8. The quantitative estimate of drug-likeness (QED) is 0.640. The van der Waals surface area contributed by atoms with Crippen molar-refractivity contribution in [1.29, 1.82) is 0 Å². The SMILES string of the molecule is O=C1C=CC(=O)N1S(=O)(=O)NS(=O)(=O)C(F)(F)F. The molecule has 1 aliphatic heterocycles. The van der Waals surface area contributed by atoms with Gasteiger partial charge in [0.05, 0.1) is 0 Å². The number of nitrogens with one attached hydrogen (secondary N) is 1. The van der Waals surface area contributed by atoms with Gasteiger partial charge in [-0.15, -0.1) is 0 Å². The molecule has 0 saturated heterocycles. The molecule has 2 amide bonds. The van der Waals surface area contributed by atoms with Crippen LogP contribution >= 0.6 is 0 Å². The average molecular weight is 308 g/mol. The maximum atomic E-state index is 11.9. The molecule has 1 heterocycles. The van der Waals surface area contributed by atoms with Gasteiger partial charge in [0.25, 0.3) is 11.8 Å². The van der Waals surface area contributed by atoms with E-state index in [1.165, 1.54) is 0 Å². The minimum atomic E-state index is -6.25. The summed E-state index contributed by atoms with van der Waals surface area (Å²) in [5, 5.41) is 0. The van der Waals surface area contributed by atoms with E-state index in [1.54, 1.807) is 0 Å². The molecule has 0 aromatic heterocycles. The summed E-state index contributed by atoms with van der Waals surface area (Å²) in [6.45, 7) is 0. The minimum Gasteiger partial charge on any atom is -0.268 e. The third-order valence-electron chi connectivity index (χ3n) is 1.53. The van der Waals surface area contributed by atoms with Crippen molar-refractivity contribution in [2.75, 3.05) is 0 Å². The first-order chi connectivity index (χ1) is 7.88. The summed E-state index contributed by atoms with van der Waals surface area (Å²) in [5.41, 5.74) is -5.90. The fourth-order valence-corrected chi connectivity index (χ4v) is 3.23. The van der Waals surface area contributed by atoms with Crippen molar-refractivity contribution in [1.82, 2.24) is 8.43 Å². The molecule has 8 nitrogen and oxygen atoms in total. The molecule has 0 fully saturated rings. The molecule has 0 spiro atoms. The number of halogens is 3. The van der Waals surface area contributed by atoms with Crippen LogP contribution in [0.1, 0.15) is 0 Å². The summed E-state index contributed by atoms with van der Waals surface area (Å²) in [7, 11) is -11.7. The zero-order valence-corrected chi connectivity index (χ0v) is 9.63. The fraction of sp³-hybridized carbons (Fsp3) is 0.200. The van der Waals surface area contributed by atoms with E-state index in [2.05, 4.69) is 0 Å². The number of hydrogen-bond donors (Lipinski definition) is 1. The smallest absolute Gasteiger partial charge is 0.268 e. The number of amides is 2. The molecule has 0 unspecified atom stereocenters. The zero-order chi connectivity index (χ0) is 14.4. The van der Waals surface area contributed by atoms with Gasteiger partial charge >= 0.3 is 25.7 Å². The van der Waals surface area contributed by atoms with Crippen LogP contribution in [0.25, 0.3) is 0 Å². The molecular formula is C5H3F3N2O6S2. The Bertz CT molecular complexity index is 613. The van der Waals surface area contributed by atoms with Crippen molar-refractivity contribution < 1.29 is 39.6 Å². The van der Waals surface area contributed by atoms with Gasteiger partial charge in [0.15, 0.2) is 0 Å². The summed E-state index contributed by atoms with van der Waals surface area (Å²) in [6, 6.07) is 0. The lowest BCUT2D eigenvalue weighted by atomic mass is 10.6. The van der Waals surface area contributed by atoms with Gasteiger partial charge in [0, 0.05) is 12.2 Å². The van der Waals surface area contributed by atoms with Crippen LogP contribution in [-0.2, 0) is 29.8 Å². The molecule has 1 rings (SSSR count). The van der Waals surface area contributed by atoms with Crippen LogP contribution in [0.5, 0.6) is 0 Å². The molecule has 0 saturated carbocycles. The fourth-order valence-electron chi connectivity index (χ4n) is 0.847. The third kappa shape index (κ3) is 2.51. The van der Waals surface area contributed by atoms with Crippen molar-refractivity contribution in [2.45, 2.75) is 5.51 Å². The molecule has 0 bridgehead atoms. The molecule has 0 aromatic rings. The van der Waals surface area contributed by atoms with Gasteiger partial charge in [-0.2, -0.15) is 25.9 Å². The lowest BCUT2D eigenvalue weighted by molar-refractivity contribution is -0.130. The van der Waals surface area contributed by atoms with Gasteiger partial charge in [-0.05, 0) is 0 Å². The van der Waals surface area contributed by atoms with E-state index in [9.17, 15) is 39.6 Å². The Morgan fingerprint density at radius 1 is 1.00 bits per heavy atom. The monoisotopic (exact) mass is 308 g/mol. The Kier molecular flexibility index (Phi) is 3.27. The first kappa shape index (κ1) is 14.6. The van der Waals surface area contributed by atoms with Crippen LogP contribution in [0.2, 0.25) is 0 Å². The Hall–Kier alpha value is -1.47. The largest absolute Gasteiger partial charge is 0.512 e. The van der Waals surface area contributed by atoms with Crippen molar-refractivity contribution in [3.05, 3.63) is 12.2 Å². The van der Waals surface area contributed by atoms with E-state index in [0.717, 1.165) is 0 Å². The van der Waals surface area contributed by atoms with Crippen molar-refractivity contribution in [2.24, 2.45) is 0 Å². The van der Waals surface area contributed by atoms with E-state index in [1.807, 2.05) is 0 Å². The molecule has 0 radical (unpaired) electrons. The van der Waals surface area contributed by atoms with Crippen molar-refractivity contribution in [3.63, 3.8) is 0 Å². The zero-order valence-electron chi connectivity index (χ0n) is 8.00. The maximum absolute atomic E-state index is 11.9. The molecule has 0 aromatic carbocycles. The molecule has 0 aliphatic carbocycles. The molecule has 18 heavy (non-hydrogen) atoms. The predicted molar refractivity (Wildman–Crippen MR) is 48.0 cm³/mol. The van der Waals surface area contributed by atoms with Crippen molar-refractivity contribution >= 4 is 32.0 Å². The normalized spacial score (nSPS) is 17.6. The molecule has 0 atom stereocenters. The first-order valence-corrected chi connectivity index (χ1v) is 6.72. The lowest BCUT2D eigenvalue weighted by Gasteiger charge is -2.15. The lowest BCUT2D eigenvalue weighted by Crippen LogP contribution is -2.49. The third-order valence-corrected chi connectivity index (χ3v) is 4.70. The van der Waals surface area contributed by atoms with E-state index in [-0.39, 0.29) is 4.13 Å². The van der Waals surface area contributed by atoms with E-state index in [4.69, 9.17) is 0 Å². The Balaban J connectivity index is 3.13. The van der Waals surface area contributed by atoms with Crippen LogP contribution in [0.4, 0.5) is 13.2 Å². The van der Waals surface area contributed by atoms with E-state index < -0.39 is 41.9 Å². The Morgan fingerprint density at radius 2 is 1.39 bits per heavy atom. The summed E-state index contributed by atoms with van der Waals surface area (Å²) in [6.07, 6.45) is 0.920. The van der Waals surface area contributed by atoms with Crippen LogP contribution in [0, 0.1) is 0 Å². The van der Waals surface area contributed by atoms with Crippen molar-refractivity contribution in [3.8, 4) is 0 Å². The first-order valence-electron chi connectivity index (χ1n) is 3.79. The van der Waals surface area contributed by atoms with Gasteiger partial charge < -0.3 is 0 Å². The number of imide groups is 1. The highest BCUT2D eigenvalue weighted by atomic mass is 32.3. The number of sulfonamides is 1. The summed E-state index contributed by atoms with van der Waals surface area (Å²) in [4.78, 5) is 21.8. The molecule has 1 N–H and O–H groups in total. The number of carbonyl (C=O) groups is 2. The molecule has 102 valence electrons. The van der Waals surface area contributed by atoms with Crippen LogP contribution in [0.3, 0.4) is 0 Å². The van der Waals surface area contributed by atoms with Gasteiger partial charge in [-0.1, -0.05) is 4.13 Å². The van der Waals surface area contributed by atoms with Crippen LogP contribution in [0.15, 0.2) is 12.2 Å². The van der Waals surface area contributed by atoms with Gasteiger partial charge in [0.1, 0.15) is 0 Å². The van der Waals surface area contributed by atoms with Gasteiger partial charge in [0.2, 0.25) is 0 Å². The van der Waals surface area contributed by atoms with E-state index in [0.29, 0.717) is 12.2 Å². The van der Waals surface area contributed by atoms with Gasteiger partial charge in [-0.3, -0.25) is 9.59 Å². The minimum absolute atomic E-state index is 0.239. The molecular weight excluding hydrogens is 305 g/mol. The predicted octanol–water partition coefficient (Wildman–Crippen LogP) is -1.40. The topological polar surface area (TPSA) is 118 Å². The number of rotatable bonds is 3. The highest BCUT2D eigenvalue weighted by Gasteiger charge is 2.50. The van der Waals surface area contributed by atoms with E-state index >= 15 is 0 Å². The van der Waals surface area contributed by atoms with Crippen LogP contribution in [-0.4, -0.2) is 38.5 Å². The highest BCUT2D eigenvalue weighted by molar-refractivity contribution is 8.04. The maximum Gasteiger partial charge on any atom is 0.512 e. The highest BCUT2D eigenvalue weighted by Crippen LogP contribution is 2.23.